The first kappa shape index (κ1) is 22.2. The zero-order chi connectivity index (χ0) is 21.5. The molecule has 1 aromatic rings. The highest BCUT2D eigenvalue weighted by atomic mass is 32.2. The summed E-state index contributed by atoms with van der Waals surface area (Å²) < 4.78 is 10.6. The predicted molar refractivity (Wildman–Crippen MR) is 120 cm³/mol. The molecule has 30 heavy (non-hydrogen) atoms. The van der Waals surface area contributed by atoms with Crippen molar-refractivity contribution in [1.29, 1.82) is 0 Å². The fourth-order valence-corrected chi connectivity index (χ4v) is 4.54. The molecule has 0 spiro atoms. The molecule has 7 nitrogen and oxygen atoms in total. The number of carbonyl (C=O) groups excluding carboxylic acids is 2. The molecule has 0 bridgehead atoms. The Balaban J connectivity index is 1.68. The molecule has 0 radical (unpaired) electrons. The van der Waals surface area contributed by atoms with Gasteiger partial charge in [0.1, 0.15) is 5.70 Å². The van der Waals surface area contributed by atoms with Crippen molar-refractivity contribution in [3.8, 4) is 11.5 Å². The molecule has 0 saturated heterocycles. The van der Waals surface area contributed by atoms with E-state index in [9.17, 15) is 9.59 Å². The molecule has 0 unspecified atom stereocenters. The number of amidine groups is 1. The molecule has 1 aliphatic carbocycles. The van der Waals surface area contributed by atoms with Crippen molar-refractivity contribution in [3.05, 3.63) is 29.5 Å². The average Bonchev–Trinajstić information content (AvgIpc) is 3.07. The van der Waals surface area contributed by atoms with Crippen LogP contribution in [0, 0.1) is 0 Å². The highest BCUT2D eigenvalue weighted by Gasteiger charge is 2.30. The summed E-state index contributed by atoms with van der Waals surface area (Å²) in [5.74, 6) is 1.29. The van der Waals surface area contributed by atoms with Gasteiger partial charge in [0.15, 0.2) is 16.7 Å². The summed E-state index contributed by atoms with van der Waals surface area (Å²) in [4.78, 5) is 31.2. The number of ether oxygens (including phenoxy) is 2. The second-order valence-electron chi connectivity index (χ2n) is 7.28. The maximum absolute atomic E-state index is 12.8. The lowest BCUT2D eigenvalue weighted by molar-refractivity contribution is -0.122. The molecule has 1 aromatic carbocycles. The van der Waals surface area contributed by atoms with E-state index in [1.54, 1.807) is 37.3 Å². The molecule has 3 rings (SSSR count). The molecule has 1 heterocycles. The van der Waals surface area contributed by atoms with Crippen molar-refractivity contribution >= 4 is 34.8 Å². The fourth-order valence-electron chi connectivity index (χ4n) is 3.67. The van der Waals surface area contributed by atoms with E-state index in [0.29, 0.717) is 28.9 Å². The topological polar surface area (TPSA) is 80.2 Å². The number of likely N-dealkylation sites (N-methyl/N-ethyl adjacent to an activating group) is 1. The normalized spacial score (nSPS) is 18.5. The molecular weight excluding hydrogens is 402 g/mol. The number of hydrogen-bond acceptors (Lipinski definition) is 6. The molecule has 8 heteroatoms. The summed E-state index contributed by atoms with van der Waals surface area (Å²) in [6.45, 7) is 2.40. The zero-order valence-electron chi connectivity index (χ0n) is 17.8. The number of benzene rings is 1. The molecular formula is C22H29N3O4S. The van der Waals surface area contributed by atoms with E-state index < -0.39 is 0 Å². The largest absolute Gasteiger partial charge is 0.493 e. The standard InChI is InChI=1S/C22H29N3O4S/c1-4-25-21(27)17(12-15-10-11-18(28-2)19(13-15)29-3)24-22(25)30-14-20(26)23-16-8-6-5-7-9-16/h10-13,16H,4-9,14H2,1-3H3,(H,23,26)/b17-12-. The number of rotatable bonds is 7. The second kappa shape index (κ2) is 10.5. The molecule has 1 aliphatic heterocycles. The van der Waals surface area contributed by atoms with Gasteiger partial charge in [-0.3, -0.25) is 14.5 Å². The number of thioether (sulfide) groups is 1. The Labute approximate surface area is 181 Å². The van der Waals surface area contributed by atoms with Crippen LogP contribution in [0.4, 0.5) is 0 Å². The Morgan fingerprint density at radius 3 is 2.63 bits per heavy atom. The molecule has 1 fully saturated rings. The Bertz CT molecular complexity index is 847. The summed E-state index contributed by atoms with van der Waals surface area (Å²) in [5.41, 5.74) is 1.14. The average molecular weight is 432 g/mol. The maximum atomic E-state index is 12.8. The number of nitrogens with one attached hydrogen (secondary N) is 1. The van der Waals surface area contributed by atoms with Crippen LogP contribution in [0.5, 0.6) is 11.5 Å². The molecule has 2 amide bonds. The third kappa shape index (κ3) is 5.36. The number of amides is 2. The minimum Gasteiger partial charge on any atom is -0.493 e. The Morgan fingerprint density at radius 2 is 1.97 bits per heavy atom. The van der Waals surface area contributed by atoms with Crippen LogP contribution in [0.2, 0.25) is 0 Å². The number of methoxy groups -OCH3 is 2. The van der Waals surface area contributed by atoms with E-state index in [2.05, 4.69) is 10.3 Å². The minimum absolute atomic E-state index is 0.00424. The van der Waals surface area contributed by atoms with Gasteiger partial charge in [-0.2, -0.15) is 0 Å². The quantitative estimate of drug-likeness (QED) is 0.669. The highest BCUT2D eigenvalue weighted by Crippen LogP contribution is 2.30. The first-order chi connectivity index (χ1) is 14.5. The lowest BCUT2D eigenvalue weighted by Crippen LogP contribution is -2.38. The van der Waals surface area contributed by atoms with Gasteiger partial charge < -0.3 is 14.8 Å². The predicted octanol–water partition coefficient (Wildman–Crippen LogP) is 3.44. The summed E-state index contributed by atoms with van der Waals surface area (Å²) in [5, 5.41) is 3.67. The van der Waals surface area contributed by atoms with Crippen LogP contribution in [0.25, 0.3) is 6.08 Å². The van der Waals surface area contributed by atoms with Crippen molar-refractivity contribution in [2.45, 2.75) is 45.1 Å². The Kier molecular flexibility index (Phi) is 7.79. The van der Waals surface area contributed by atoms with E-state index >= 15 is 0 Å². The van der Waals surface area contributed by atoms with Gasteiger partial charge in [0, 0.05) is 12.6 Å². The number of nitrogens with zero attached hydrogens (tertiary/aromatic N) is 2. The van der Waals surface area contributed by atoms with E-state index in [4.69, 9.17) is 9.47 Å². The van der Waals surface area contributed by atoms with Crippen molar-refractivity contribution < 1.29 is 19.1 Å². The zero-order valence-corrected chi connectivity index (χ0v) is 18.6. The van der Waals surface area contributed by atoms with Crippen LogP contribution in [0.1, 0.15) is 44.6 Å². The molecule has 2 aliphatic rings. The lowest BCUT2D eigenvalue weighted by Gasteiger charge is -2.22. The second-order valence-corrected chi connectivity index (χ2v) is 8.22. The van der Waals surface area contributed by atoms with Gasteiger partial charge in [-0.15, -0.1) is 0 Å². The van der Waals surface area contributed by atoms with Gasteiger partial charge >= 0.3 is 0 Å². The van der Waals surface area contributed by atoms with Crippen molar-refractivity contribution in [2.75, 3.05) is 26.5 Å². The molecule has 0 aromatic heterocycles. The van der Waals surface area contributed by atoms with Gasteiger partial charge in [0.05, 0.1) is 20.0 Å². The van der Waals surface area contributed by atoms with Crippen molar-refractivity contribution in [2.24, 2.45) is 4.99 Å². The van der Waals surface area contributed by atoms with Crippen LogP contribution >= 0.6 is 11.8 Å². The third-order valence-electron chi connectivity index (χ3n) is 5.24. The maximum Gasteiger partial charge on any atom is 0.278 e. The fraction of sp³-hybridized carbons (Fsp3) is 0.500. The van der Waals surface area contributed by atoms with Crippen LogP contribution < -0.4 is 14.8 Å². The first-order valence-corrected chi connectivity index (χ1v) is 11.3. The molecule has 1 saturated carbocycles. The van der Waals surface area contributed by atoms with Crippen molar-refractivity contribution in [1.82, 2.24) is 10.2 Å². The number of hydrogen-bond donors (Lipinski definition) is 1. The minimum atomic E-state index is -0.164. The SMILES string of the molecule is CCN1C(=O)/C(=C/c2ccc(OC)c(OC)c2)N=C1SCC(=O)NC1CCCCC1. The summed E-state index contributed by atoms with van der Waals surface area (Å²) >= 11 is 1.30. The summed E-state index contributed by atoms with van der Waals surface area (Å²) in [6, 6.07) is 5.71. The van der Waals surface area contributed by atoms with Crippen molar-refractivity contribution in [3.63, 3.8) is 0 Å². The van der Waals surface area contributed by atoms with Gasteiger partial charge in [-0.05, 0) is 43.5 Å². The molecule has 162 valence electrons. The van der Waals surface area contributed by atoms with Crippen LogP contribution in [0.3, 0.4) is 0 Å². The first-order valence-electron chi connectivity index (χ1n) is 10.3. The van der Waals surface area contributed by atoms with Gasteiger partial charge in [0.25, 0.3) is 5.91 Å². The van der Waals surface area contributed by atoms with E-state index in [0.717, 1.165) is 18.4 Å². The molecule has 0 atom stereocenters. The Hall–Kier alpha value is -2.48. The summed E-state index contributed by atoms with van der Waals surface area (Å²) in [6.07, 6.45) is 7.42. The van der Waals surface area contributed by atoms with Gasteiger partial charge in [0.2, 0.25) is 5.91 Å². The van der Waals surface area contributed by atoms with E-state index in [1.165, 1.54) is 31.0 Å². The summed E-state index contributed by atoms with van der Waals surface area (Å²) in [7, 11) is 3.15. The highest BCUT2D eigenvalue weighted by molar-refractivity contribution is 8.14. The lowest BCUT2D eigenvalue weighted by atomic mass is 9.95. The van der Waals surface area contributed by atoms with Crippen LogP contribution in [-0.4, -0.2) is 54.4 Å². The van der Waals surface area contributed by atoms with E-state index in [1.807, 2.05) is 13.0 Å². The van der Waals surface area contributed by atoms with Gasteiger partial charge in [-0.25, -0.2) is 4.99 Å². The smallest absolute Gasteiger partial charge is 0.278 e. The molecule has 1 N–H and O–H groups in total. The van der Waals surface area contributed by atoms with Crippen LogP contribution in [0.15, 0.2) is 28.9 Å². The monoisotopic (exact) mass is 431 g/mol. The number of aliphatic imine (C=N–C) groups is 1. The third-order valence-corrected chi connectivity index (χ3v) is 6.22. The Morgan fingerprint density at radius 1 is 1.23 bits per heavy atom. The van der Waals surface area contributed by atoms with E-state index in [-0.39, 0.29) is 23.6 Å². The number of carbonyl (C=O) groups is 2. The van der Waals surface area contributed by atoms with Gasteiger partial charge in [-0.1, -0.05) is 37.1 Å². The van der Waals surface area contributed by atoms with Crippen LogP contribution in [-0.2, 0) is 9.59 Å².